The largest absolute Gasteiger partial charge is 0.395 e. The number of unbranched alkanes of at least 4 members (excludes halogenated alkanes) is 2. The maximum absolute atomic E-state index is 10.8. The third-order valence-electron chi connectivity index (χ3n) is 1.38. The van der Waals surface area contributed by atoms with E-state index in [1.807, 2.05) is 0 Å². The van der Waals surface area contributed by atoms with E-state index in [0.717, 1.165) is 19.3 Å². The first-order valence-corrected chi connectivity index (χ1v) is 4.34. The Bertz CT molecular complexity index is 105. The van der Waals surface area contributed by atoms with Crippen LogP contribution in [0.3, 0.4) is 0 Å². The van der Waals surface area contributed by atoms with Gasteiger partial charge in [-0.05, 0) is 6.42 Å². The number of hydrogen-bond donors (Lipinski definition) is 2. The van der Waals surface area contributed by atoms with E-state index in [9.17, 15) is 4.79 Å². The molecule has 0 aliphatic carbocycles. The number of hydroxylamine groups is 1. The van der Waals surface area contributed by atoms with Crippen LogP contribution in [0.25, 0.3) is 0 Å². The van der Waals surface area contributed by atoms with Gasteiger partial charge in [0.2, 0.25) is 0 Å². The summed E-state index contributed by atoms with van der Waals surface area (Å²) >= 11 is 0. The third-order valence-corrected chi connectivity index (χ3v) is 1.38. The van der Waals surface area contributed by atoms with Crippen LogP contribution in [0.2, 0.25) is 0 Å². The first-order chi connectivity index (χ1) is 5.81. The van der Waals surface area contributed by atoms with Crippen molar-refractivity contribution in [2.75, 3.05) is 13.2 Å². The van der Waals surface area contributed by atoms with Gasteiger partial charge in [0.05, 0.1) is 13.2 Å². The second kappa shape index (κ2) is 8.49. The smallest absolute Gasteiger partial charge is 0.324 e. The Morgan fingerprint density at radius 3 is 2.83 bits per heavy atom. The van der Waals surface area contributed by atoms with Crippen molar-refractivity contribution in [2.24, 2.45) is 0 Å². The Kier molecular flexibility index (Phi) is 8.05. The van der Waals surface area contributed by atoms with Gasteiger partial charge in [0, 0.05) is 6.42 Å². The zero-order valence-electron chi connectivity index (χ0n) is 7.51. The van der Waals surface area contributed by atoms with Gasteiger partial charge in [-0.1, -0.05) is 19.8 Å². The molecule has 0 spiro atoms. The van der Waals surface area contributed by atoms with E-state index in [4.69, 9.17) is 5.11 Å². The maximum atomic E-state index is 10.8. The fourth-order valence-corrected chi connectivity index (χ4v) is 0.748. The topological polar surface area (TPSA) is 58.6 Å². The van der Waals surface area contributed by atoms with E-state index < -0.39 is 0 Å². The van der Waals surface area contributed by atoms with E-state index in [0.29, 0.717) is 13.0 Å². The van der Waals surface area contributed by atoms with Crippen LogP contribution < -0.4 is 5.48 Å². The number of aliphatic hydroxyl groups is 1. The molecule has 12 heavy (non-hydrogen) atoms. The van der Waals surface area contributed by atoms with E-state index in [2.05, 4.69) is 17.2 Å². The van der Waals surface area contributed by atoms with E-state index >= 15 is 0 Å². The number of aliphatic hydroxyl groups excluding tert-OH is 1. The van der Waals surface area contributed by atoms with Crippen LogP contribution in [0.15, 0.2) is 0 Å². The molecule has 0 atom stereocenters. The molecule has 2 N–H and O–H groups in total. The highest BCUT2D eigenvalue weighted by Gasteiger charge is 2.00. The van der Waals surface area contributed by atoms with Crippen LogP contribution in [-0.4, -0.2) is 24.2 Å². The molecule has 0 heterocycles. The van der Waals surface area contributed by atoms with Crippen molar-refractivity contribution in [1.82, 2.24) is 5.48 Å². The fourth-order valence-electron chi connectivity index (χ4n) is 0.748. The molecule has 0 radical (unpaired) electrons. The lowest BCUT2D eigenvalue weighted by Gasteiger charge is -2.02. The molecule has 0 bridgehead atoms. The highest BCUT2D eigenvalue weighted by Crippen LogP contribution is 1.99. The molecular formula is C8H17NO3. The summed E-state index contributed by atoms with van der Waals surface area (Å²) < 4.78 is 0. The Balaban J connectivity index is 3.10. The van der Waals surface area contributed by atoms with Crippen LogP contribution in [0, 0.1) is 0 Å². The molecule has 0 rings (SSSR count). The minimum Gasteiger partial charge on any atom is -0.395 e. The van der Waals surface area contributed by atoms with Crippen LogP contribution in [-0.2, 0) is 9.63 Å². The molecule has 0 amide bonds. The molecule has 4 heteroatoms. The maximum Gasteiger partial charge on any atom is 0.324 e. The molecule has 0 aromatic rings. The van der Waals surface area contributed by atoms with Gasteiger partial charge in [-0.2, -0.15) is 5.48 Å². The van der Waals surface area contributed by atoms with Crippen molar-refractivity contribution in [3.63, 3.8) is 0 Å². The molecule has 72 valence electrons. The number of nitrogens with one attached hydrogen (secondary N) is 1. The van der Waals surface area contributed by atoms with Gasteiger partial charge in [0.1, 0.15) is 0 Å². The summed E-state index contributed by atoms with van der Waals surface area (Å²) in [5, 5.41) is 8.34. The lowest BCUT2D eigenvalue weighted by atomic mass is 10.2. The van der Waals surface area contributed by atoms with Gasteiger partial charge in [-0.25, -0.2) is 0 Å². The Morgan fingerprint density at radius 1 is 1.50 bits per heavy atom. The summed E-state index contributed by atoms with van der Waals surface area (Å²) in [5.41, 5.74) is 2.36. The molecule has 0 fully saturated rings. The van der Waals surface area contributed by atoms with E-state index in [1.165, 1.54) is 0 Å². The van der Waals surface area contributed by atoms with Crippen molar-refractivity contribution in [3.05, 3.63) is 0 Å². The SMILES string of the molecule is CCCCCC(=O)ONCCO. The first kappa shape index (κ1) is 11.4. The fraction of sp³-hybridized carbons (Fsp3) is 0.875. The third kappa shape index (κ3) is 7.50. The number of hydrogen-bond acceptors (Lipinski definition) is 4. The first-order valence-electron chi connectivity index (χ1n) is 4.34. The summed E-state index contributed by atoms with van der Waals surface area (Å²) in [6.07, 6.45) is 3.47. The zero-order valence-corrected chi connectivity index (χ0v) is 7.51. The molecule has 0 unspecified atom stereocenters. The van der Waals surface area contributed by atoms with E-state index in [1.54, 1.807) is 0 Å². The van der Waals surface area contributed by atoms with Crippen molar-refractivity contribution in [2.45, 2.75) is 32.6 Å². The molecule has 0 aromatic heterocycles. The average Bonchev–Trinajstić information content (AvgIpc) is 2.06. The number of rotatable bonds is 7. The molecule has 4 nitrogen and oxygen atoms in total. The molecule has 0 aromatic carbocycles. The predicted octanol–water partition coefficient (Wildman–Crippen LogP) is 0.607. The molecule has 0 saturated carbocycles. The zero-order chi connectivity index (χ0) is 9.23. The molecule has 0 saturated heterocycles. The highest BCUT2D eigenvalue weighted by molar-refractivity contribution is 5.68. The second-order valence-corrected chi connectivity index (χ2v) is 2.55. The van der Waals surface area contributed by atoms with Crippen molar-refractivity contribution in [1.29, 1.82) is 0 Å². The van der Waals surface area contributed by atoms with Gasteiger partial charge < -0.3 is 9.94 Å². The monoisotopic (exact) mass is 175 g/mol. The van der Waals surface area contributed by atoms with Crippen LogP contribution in [0.4, 0.5) is 0 Å². The minimum atomic E-state index is -0.253. The summed E-state index contributed by atoms with van der Waals surface area (Å²) in [7, 11) is 0. The van der Waals surface area contributed by atoms with Crippen molar-refractivity contribution < 1.29 is 14.7 Å². The minimum absolute atomic E-state index is 0.0256. The number of carbonyl (C=O) groups excluding carboxylic acids is 1. The highest BCUT2D eigenvalue weighted by atomic mass is 16.7. The molecule has 0 aliphatic rings. The number of carbonyl (C=O) groups is 1. The standard InChI is InChI=1S/C8H17NO3/c1-2-3-4-5-8(11)12-9-6-7-10/h9-10H,2-7H2,1H3. The second-order valence-electron chi connectivity index (χ2n) is 2.55. The van der Waals surface area contributed by atoms with Crippen LogP contribution >= 0.6 is 0 Å². The summed E-state index contributed by atoms with van der Waals surface area (Å²) in [6, 6.07) is 0. The Hall–Kier alpha value is -0.610. The van der Waals surface area contributed by atoms with Gasteiger partial charge in [0.15, 0.2) is 0 Å². The average molecular weight is 175 g/mol. The Labute approximate surface area is 72.9 Å². The van der Waals surface area contributed by atoms with Crippen LogP contribution in [0.5, 0.6) is 0 Å². The van der Waals surface area contributed by atoms with Gasteiger partial charge in [-0.3, -0.25) is 4.79 Å². The van der Waals surface area contributed by atoms with Crippen LogP contribution in [0.1, 0.15) is 32.6 Å². The van der Waals surface area contributed by atoms with E-state index in [-0.39, 0.29) is 12.6 Å². The lowest BCUT2D eigenvalue weighted by molar-refractivity contribution is -0.151. The summed E-state index contributed by atoms with van der Waals surface area (Å²) in [4.78, 5) is 15.4. The van der Waals surface area contributed by atoms with Crippen molar-refractivity contribution >= 4 is 5.97 Å². The summed E-state index contributed by atoms with van der Waals surface area (Å²) in [5.74, 6) is -0.253. The normalized spacial score (nSPS) is 9.83. The molecule has 0 aliphatic heterocycles. The quantitative estimate of drug-likeness (QED) is 0.439. The lowest BCUT2D eigenvalue weighted by Crippen LogP contribution is -2.22. The summed E-state index contributed by atoms with van der Waals surface area (Å²) in [6.45, 7) is 2.34. The van der Waals surface area contributed by atoms with Crippen molar-refractivity contribution in [3.8, 4) is 0 Å². The van der Waals surface area contributed by atoms with Gasteiger partial charge in [0.25, 0.3) is 0 Å². The predicted molar refractivity (Wildman–Crippen MR) is 45.3 cm³/mol. The van der Waals surface area contributed by atoms with Gasteiger partial charge >= 0.3 is 5.97 Å². The molecular weight excluding hydrogens is 158 g/mol. The Morgan fingerprint density at radius 2 is 2.25 bits per heavy atom. The van der Waals surface area contributed by atoms with Gasteiger partial charge in [-0.15, -0.1) is 0 Å².